The number of carbonyl (C=O) groups is 3. The van der Waals surface area contributed by atoms with Crippen LogP contribution in [0.2, 0.25) is 0 Å². The number of amides is 2. The average Bonchev–Trinajstić information content (AvgIpc) is 3.43. The molecule has 33 heavy (non-hydrogen) atoms. The van der Waals surface area contributed by atoms with Crippen LogP contribution in [0.15, 0.2) is 25.3 Å². The normalized spacial score (nSPS) is 31.9. The molecule has 3 heterocycles. The summed E-state index contributed by atoms with van der Waals surface area (Å²) in [5, 5.41) is 10.3. The molecule has 0 aliphatic carbocycles. The van der Waals surface area contributed by atoms with Crippen LogP contribution >= 0.6 is 0 Å². The summed E-state index contributed by atoms with van der Waals surface area (Å²) in [4.78, 5) is 44.2. The van der Waals surface area contributed by atoms with E-state index < -0.39 is 41.6 Å². The number of hydrogen-bond acceptors (Lipinski definition) is 6. The van der Waals surface area contributed by atoms with E-state index in [4.69, 9.17) is 9.47 Å². The van der Waals surface area contributed by atoms with Crippen molar-refractivity contribution in [1.82, 2.24) is 9.80 Å². The molecule has 2 unspecified atom stereocenters. The van der Waals surface area contributed by atoms with Crippen LogP contribution in [0.25, 0.3) is 0 Å². The second-order valence-corrected chi connectivity index (χ2v) is 9.73. The number of fused-ring (bicyclic) bond motifs is 1. The third-order valence-corrected chi connectivity index (χ3v) is 7.66. The molecule has 2 amide bonds. The number of aliphatic hydroxyl groups is 1. The zero-order valence-electron chi connectivity index (χ0n) is 20.2. The summed E-state index contributed by atoms with van der Waals surface area (Å²) >= 11 is 0. The predicted octanol–water partition coefficient (Wildman–Crippen LogP) is 1.92. The number of hydrogen-bond donors (Lipinski definition) is 1. The molecule has 0 aromatic rings. The van der Waals surface area contributed by atoms with Crippen LogP contribution in [0.4, 0.5) is 0 Å². The Bertz CT molecular complexity index is 798. The van der Waals surface area contributed by atoms with Crippen LogP contribution in [-0.2, 0) is 23.9 Å². The van der Waals surface area contributed by atoms with E-state index in [1.54, 1.807) is 11.0 Å². The predicted molar refractivity (Wildman–Crippen MR) is 123 cm³/mol. The molecule has 0 radical (unpaired) electrons. The van der Waals surface area contributed by atoms with Gasteiger partial charge >= 0.3 is 5.97 Å². The lowest BCUT2D eigenvalue weighted by atomic mass is 9.70. The molecule has 2 bridgehead atoms. The van der Waals surface area contributed by atoms with Gasteiger partial charge in [-0.2, -0.15) is 0 Å². The topological polar surface area (TPSA) is 96.4 Å². The Balaban J connectivity index is 2.10. The number of rotatable bonds is 11. The Kier molecular flexibility index (Phi) is 7.69. The standard InChI is InChI=1S/C25H38N2O6/c1-7-12-26(15(4)5)23(30)21-25-11-10-18(33-25)19(24(31)32-13-8-2)20(25)22(29)27(21)17(14-28)16(6)9-3/h7-8,15-21,28H,1-2,9-14H2,3-6H3/t16-,17-,18-,19+,20-,21?,25?/m0/s1. The highest BCUT2D eigenvalue weighted by Crippen LogP contribution is 2.59. The molecule has 3 aliphatic rings. The van der Waals surface area contributed by atoms with Crippen molar-refractivity contribution in [1.29, 1.82) is 0 Å². The molecule has 3 rings (SSSR count). The molecule has 3 aliphatic heterocycles. The van der Waals surface area contributed by atoms with Gasteiger partial charge in [-0.05, 0) is 32.6 Å². The Hall–Kier alpha value is -2.19. The van der Waals surface area contributed by atoms with E-state index in [2.05, 4.69) is 13.2 Å². The SMILES string of the molecule is C=CCOC(=O)[C@@H]1[C@@H]2CCC3(O2)C(C(=O)N(CC=C)C(C)C)N([C@@H](CO)[C@@H](C)CC)C(=O)[C@H]13. The molecule has 8 heteroatoms. The molecule has 7 atom stereocenters. The first-order valence-corrected chi connectivity index (χ1v) is 12.0. The van der Waals surface area contributed by atoms with E-state index in [1.165, 1.54) is 11.0 Å². The van der Waals surface area contributed by atoms with Crippen LogP contribution < -0.4 is 0 Å². The first-order chi connectivity index (χ1) is 15.7. The first-order valence-electron chi connectivity index (χ1n) is 12.0. The lowest BCUT2D eigenvalue weighted by molar-refractivity contribution is -0.157. The van der Waals surface area contributed by atoms with Gasteiger partial charge in [-0.3, -0.25) is 14.4 Å². The summed E-state index contributed by atoms with van der Waals surface area (Å²) in [6.07, 6.45) is 4.49. The van der Waals surface area contributed by atoms with Crippen molar-refractivity contribution in [2.75, 3.05) is 19.8 Å². The fraction of sp³-hybridized carbons (Fsp3) is 0.720. The van der Waals surface area contributed by atoms with Gasteiger partial charge in [0.05, 0.1) is 30.6 Å². The molecular weight excluding hydrogens is 424 g/mol. The number of ether oxygens (including phenoxy) is 2. The van der Waals surface area contributed by atoms with Gasteiger partial charge in [-0.25, -0.2) is 0 Å². The maximum absolute atomic E-state index is 14.0. The summed E-state index contributed by atoms with van der Waals surface area (Å²) in [7, 11) is 0. The van der Waals surface area contributed by atoms with E-state index in [0.717, 1.165) is 6.42 Å². The van der Waals surface area contributed by atoms with Crippen molar-refractivity contribution in [3.63, 3.8) is 0 Å². The van der Waals surface area contributed by atoms with Gasteiger partial charge in [0.25, 0.3) is 0 Å². The van der Waals surface area contributed by atoms with Crippen molar-refractivity contribution in [3.05, 3.63) is 25.3 Å². The van der Waals surface area contributed by atoms with Crippen molar-refractivity contribution in [2.24, 2.45) is 17.8 Å². The van der Waals surface area contributed by atoms with Gasteiger partial charge in [0.1, 0.15) is 18.2 Å². The van der Waals surface area contributed by atoms with Crippen LogP contribution in [0.3, 0.4) is 0 Å². The van der Waals surface area contributed by atoms with Crippen molar-refractivity contribution in [2.45, 2.75) is 76.8 Å². The van der Waals surface area contributed by atoms with Crippen LogP contribution in [-0.4, -0.2) is 82.3 Å². The molecule has 0 saturated carbocycles. The number of carbonyl (C=O) groups excluding carboxylic acids is 3. The summed E-state index contributed by atoms with van der Waals surface area (Å²) in [6.45, 7) is 15.2. The fourth-order valence-electron chi connectivity index (χ4n) is 5.90. The molecule has 8 nitrogen and oxygen atoms in total. The minimum atomic E-state index is -1.11. The Labute approximate surface area is 196 Å². The van der Waals surface area contributed by atoms with E-state index >= 15 is 0 Å². The maximum atomic E-state index is 14.0. The van der Waals surface area contributed by atoms with Gasteiger partial charge in [0.15, 0.2) is 0 Å². The van der Waals surface area contributed by atoms with E-state index in [1.807, 2.05) is 27.7 Å². The summed E-state index contributed by atoms with van der Waals surface area (Å²) in [5.74, 6) is -2.66. The van der Waals surface area contributed by atoms with E-state index in [9.17, 15) is 19.5 Å². The minimum Gasteiger partial charge on any atom is -0.461 e. The van der Waals surface area contributed by atoms with Crippen LogP contribution in [0.1, 0.15) is 47.0 Å². The van der Waals surface area contributed by atoms with Gasteiger partial charge in [-0.1, -0.05) is 39.0 Å². The fourth-order valence-corrected chi connectivity index (χ4v) is 5.90. The lowest BCUT2D eigenvalue weighted by Gasteiger charge is -2.41. The zero-order valence-corrected chi connectivity index (χ0v) is 20.2. The van der Waals surface area contributed by atoms with E-state index in [-0.39, 0.29) is 37.0 Å². The van der Waals surface area contributed by atoms with Crippen molar-refractivity contribution in [3.8, 4) is 0 Å². The van der Waals surface area contributed by atoms with E-state index in [0.29, 0.717) is 19.4 Å². The minimum absolute atomic E-state index is 0.0419. The lowest BCUT2D eigenvalue weighted by Crippen LogP contribution is -2.60. The highest BCUT2D eigenvalue weighted by Gasteiger charge is 2.75. The molecule has 3 fully saturated rings. The van der Waals surface area contributed by atoms with Crippen molar-refractivity contribution < 1.29 is 29.0 Å². The van der Waals surface area contributed by atoms with Crippen LogP contribution in [0, 0.1) is 17.8 Å². The largest absolute Gasteiger partial charge is 0.461 e. The molecule has 1 spiro atoms. The molecule has 0 aromatic carbocycles. The maximum Gasteiger partial charge on any atom is 0.312 e. The Morgan fingerprint density at radius 1 is 1.33 bits per heavy atom. The number of aliphatic hydroxyl groups excluding tert-OH is 1. The highest BCUT2D eigenvalue weighted by atomic mass is 16.6. The molecule has 184 valence electrons. The Morgan fingerprint density at radius 3 is 2.58 bits per heavy atom. The molecule has 1 N–H and O–H groups in total. The summed E-state index contributed by atoms with van der Waals surface area (Å²) < 4.78 is 11.7. The first kappa shape index (κ1) is 25.4. The molecular formula is C25H38N2O6. The average molecular weight is 463 g/mol. The van der Waals surface area contributed by atoms with Gasteiger partial charge < -0.3 is 24.4 Å². The quantitative estimate of drug-likeness (QED) is 0.372. The van der Waals surface area contributed by atoms with Gasteiger partial charge in [0, 0.05) is 12.6 Å². The third kappa shape index (κ3) is 4.01. The van der Waals surface area contributed by atoms with Gasteiger partial charge in [-0.15, -0.1) is 6.58 Å². The van der Waals surface area contributed by atoms with Crippen molar-refractivity contribution >= 4 is 17.8 Å². The van der Waals surface area contributed by atoms with Crippen LogP contribution in [0.5, 0.6) is 0 Å². The molecule has 3 saturated heterocycles. The smallest absolute Gasteiger partial charge is 0.312 e. The highest BCUT2D eigenvalue weighted by molar-refractivity contribution is 5.98. The Morgan fingerprint density at radius 2 is 2.03 bits per heavy atom. The number of likely N-dealkylation sites (tertiary alicyclic amines) is 1. The third-order valence-electron chi connectivity index (χ3n) is 7.66. The number of esters is 1. The van der Waals surface area contributed by atoms with Gasteiger partial charge in [0.2, 0.25) is 11.8 Å². The monoisotopic (exact) mass is 462 g/mol. The summed E-state index contributed by atoms with van der Waals surface area (Å²) in [5.41, 5.74) is -1.11. The summed E-state index contributed by atoms with van der Waals surface area (Å²) in [6, 6.07) is -1.58. The second-order valence-electron chi connectivity index (χ2n) is 9.73. The number of nitrogens with zero attached hydrogens (tertiary/aromatic N) is 2. The molecule has 0 aromatic heterocycles. The zero-order chi connectivity index (χ0) is 24.5. The second kappa shape index (κ2) is 9.97.